The number of amides is 1. The fraction of sp³-hybridized carbons (Fsp3) is 0.385. The molecule has 1 aromatic carbocycles. The number of carbonyl (C=O) groups is 2. The van der Waals surface area contributed by atoms with Crippen LogP contribution < -0.4 is 5.32 Å². The summed E-state index contributed by atoms with van der Waals surface area (Å²) in [5.41, 5.74) is 3.30. The fourth-order valence-electron chi connectivity index (χ4n) is 4.65. The normalized spacial score (nSPS) is 18.9. The molecule has 2 heterocycles. The second kappa shape index (κ2) is 10.3. The van der Waals surface area contributed by atoms with Crippen LogP contribution in [0.5, 0.6) is 0 Å². The molecule has 1 amide bonds. The van der Waals surface area contributed by atoms with Crippen molar-refractivity contribution in [2.24, 2.45) is 0 Å². The average Bonchev–Trinajstić information content (AvgIpc) is 3.24. The molecule has 6 nitrogen and oxygen atoms in total. The van der Waals surface area contributed by atoms with E-state index >= 15 is 0 Å². The highest BCUT2D eigenvalue weighted by atomic mass is 32.2. The number of pyridine rings is 1. The zero-order valence-corrected chi connectivity index (χ0v) is 20.2. The summed E-state index contributed by atoms with van der Waals surface area (Å²) in [6, 6.07) is 11.9. The number of fused-ring (bicyclic) bond motifs is 1. The first kappa shape index (κ1) is 23.2. The number of hydrogen-bond acceptors (Lipinski definition) is 5. The van der Waals surface area contributed by atoms with Crippen LogP contribution in [0.3, 0.4) is 0 Å². The molecule has 172 valence electrons. The molecule has 0 bridgehead atoms. The fourth-order valence-corrected chi connectivity index (χ4v) is 5.13. The molecule has 1 N–H and O–H groups in total. The average molecular weight is 463 g/mol. The van der Waals surface area contributed by atoms with Crippen LogP contribution in [0.2, 0.25) is 0 Å². The van der Waals surface area contributed by atoms with Crippen molar-refractivity contribution in [3.05, 3.63) is 59.1 Å². The van der Waals surface area contributed by atoms with E-state index in [2.05, 4.69) is 14.9 Å². The van der Waals surface area contributed by atoms with Crippen molar-refractivity contribution in [2.45, 2.75) is 58.0 Å². The van der Waals surface area contributed by atoms with Gasteiger partial charge in [0.05, 0.1) is 15.9 Å². The van der Waals surface area contributed by atoms with Crippen LogP contribution >= 0.6 is 11.8 Å². The van der Waals surface area contributed by atoms with Gasteiger partial charge in [-0.15, -0.1) is 11.8 Å². The lowest BCUT2D eigenvalue weighted by Gasteiger charge is -2.32. The number of benzene rings is 1. The summed E-state index contributed by atoms with van der Waals surface area (Å²) < 4.78 is 2.27. The first-order chi connectivity index (χ1) is 16.0. The summed E-state index contributed by atoms with van der Waals surface area (Å²) in [5, 5.41) is 3.23. The van der Waals surface area contributed by atoms with E-state index in [0.717, 1.165) is 53.1 Å². The zero-order valence-electron chi connectivity index (χ0n) is 19.4. The quantitative estimate of drug-likeness (QED) is 0.368. The second-order valence-corrected chi connectivity index (χ2v) is 9.20. The summed E-state index contributed by atoms with van der Waals surface area (Å²) >= 11 is 1.47. The molecule has 33 heavy (non-hydrogen) atoms. The number of Topliss-reactive ketones (excluding diaryl/α,β-unsaturated/α-hetero) is 1. The predicted octanol–water partition coefficient (Wildman–Crippen LogP) is 5.56. The van der Waals surface area contributed by atoms with Crippen LogP contribution in [0.1, 0.15) is 62.4 Å². The number of allylic oxidation sites excluding steroid dienone is 1. The van der Waals surface area contributed by atoms with Gasteiger partial charge in [-0.25, -0.2) is 4.98 Å². The number of nitrogens with zero attached hydrogens (tertiary/aromatic N) is 3. The Morgan fingerprint density at radius 2 is 2.09 bits per heavy atom. The summed E-state index contributed by atoms with van der Waals surface area (Å²) in [6.07, 6.45) is 9.85. The van der Waals surface area contributed by atoms with Gasteiger partial charge in [0.2, 0.25) is 0 Å². The summed E-state index contributed by atoms with van der Waals surface area (Å²) in [4.78, 5) is 35.1. The number of hydrogen-bond donors (Lipinski definition) is 1. The van der Waals surface area contributed by atoms with E-state index < -0.39 is 0 Å². The molecule has 2 atom stereocenters. The van der Waals surface area contributed by atoms with Gasteiger partial charge in [0.1, 0.15) is 5.69 Å². The topological polar surface area (TPSA) is 76.9 Å². The van der Waals surface area contributed by atoms with E-state index in [4.69, 9.17) is 4.98 Å². The Hall–Kier alpha value is -2.93. The molecule has 0 saturated heterocycles. The number of aromatic nitrogens is 3. The van der Waals surface area contributed by atoms with Crippen LogP contribution in [0.15, 0.2) is 53.6 Å². The van der Waals surface area contributed by atoms with E-state index in [1.165, 1.54) is 11.8 Å². The van der Waals surface area contributed by atoms with E-state index in [9.17, 15) is 9.59 Å². The number of nitrogens with one attached hydrogen (secondary N) is 1. The molecular formula is C26H30N4O2S. The molecule has 1 aliphatic carbocycles. The van der Waals surface area contributed by atoms with Gasteiger partial charge in [0, 0.05) is 30.3 Å². The maximum absolute atomic E-state index is 12.6. The molecule has 7 heteroatoms. The molecule has 2 unspecified atom stereocenters. The Kier molecular flexibility index (Phi) is 7.28. The number of thioether (sulfide) groups is 1. The van der Waals surface area contributed by atoms with Crippen LogP contribution in [0, 0.1) is 0 Å². The molecule has 0 aliphatic heterocycles. The Morgan fingerprint density at radius 3 is 2.79 bits per heavy atom. The number of ketones is 1. The number of imidazole rings is 1. The van der Waals surface area contributed by atoms with Gasteiger partial charge in [-0.3, -0.25) is 14.6 Å². The van der Waals surface area contributed by atoms with E-state index in [0.29, 0.717) is 12.0 Å². The number of carbonyl (C=O) groups excluding carboxylic acids is 2. The zero-order chi connectivity index (χ0) is 23.4. The summed E-state index contributed by atoms with van der Waals surface area (Å²) in [7, 11) is 0. The van der Waals surface area contributed by atoms with Crippen LogP contribution in [-0.2, 0) is 4.79 Å². The highest BCUT2D eigenvalue weighted by Gasteiger charge is 2.29. The van der Waals surface area contributed by atoms with Gasteiger partial charge < -0.3 is 9.88 Å². The van der Waals surface area contributed by atoms with Crippen molar-refractivity contribution >= 4 is 34.5 Å². The Bertz CT molecular complexity index is 1190. The minimum atomic E-state index is -0.00110. The highest BCUT2D eigenvalue weighted by Crippen LogP contribution is 2.36. The Balaban J connectivity index is 1.72. The molecule has 0 radical (unpaired) electrons. The van der Waals surface area contributed by atoms with Crippen molar-refractivity contribution in [2.75, 3.05) is 6.26 Å². The first-order valence-corrected chi connectivity index (χ1v) is 12.8. The SMILES string of the molecule is C/C=C(\SC)C(=O)NC1CCCC(n2c(-c3ccccn3)nc3cc(C(=O)CC)ccc32)C1. The maximum Gasteiger partial charge on any atom is 0.257 e. The first-order valence-electron chi connectivity index (χ1n) is 11.5. The molecular weight excluding hydrogens is 432 g/mol. The van der Waals surface area contributed by atoms with Gasteiger partial charge in [-0.1, -0.05) is 19.1 Å². The van der Waals surface area contributed by atoms with Crippen molar-refractivity contribution in [1.29, 1.82) is 0 Å². The third kappa shape index (κ3) is 4.88. The lowest BCUT2D eigenvalue weighted by molar-refractivity contribution is -0.117. The van der Waals surface area contributed by atoms with Crippen LogP contribution in [-0.4, -0.2) is 38.5 Å². The smallest absolute Gasteiger partial charge is 0.257 e. The van der Waals surface area contributed by atoms with Gasteiger partial charge in [0.25, 0.3) is 5.91 Å². The molecule has 1 fully saturated rings. The van der Waals surface area contributed by atoms with Gasteiger partial charge in [-0.05, 0) is 69.2 Å². The summed E-state index contributed by atoms with van der Waals surface area (Å²) in [5.74, 6) is 0.917. The van der Waals surface area contributed by atoms with E-state index in [1.54, 1.807) is 6.20 Å². The van der Waals surface area contributed by atoms with Crippen molar-refractivity contribution < 1.29 is 9.59 Å². The van der Waals surface area contributed by atoms with Gasteiger partial charge >= 0.3 is 0 Å². The molecule has 1 saturated carbocycles. The standard InChI is InChI=1S/C26H30N4O2S/c1-4-23(31)17-12-13-22-21(15-17)29-25(20-11-6-7-14-27-20)30(22)19-10-8-9-18(16-19)28-26(32)24(5-2)33-3/h5-7,11-15,18-19H,4,8-10,16H2,1-3H3,(H,28,32)/b24-5-. The predicted molar refractivity (Wildman–Crippen MR) is 134 cm³/mol. The maximum atomic E-state index is 12.6. The molecule has 0 spiro atoms. The Morgan fingerprint density at radius 1 is 1.24 bits per heavy atom. The van der Waals surface area contributed by atoms with Gasteiger partial charge in [0.15, 0.2) is 11.6 Å². The Labute approximate surface area is 198 Å². The monoisotopic (exact) mass is 462 g/mol. The second-order valence-electron chi connectivity index (χ2n) is 8.35. The van der Waals surface area contributed by atoms with Crippen molar-refractivity contribution in [3.63, 3.8) is 0 Å². The molecule has 4 rings (SSSR count). The van der Waals surface area contributed by atoms with Crippen LogP contribution in [0.4, 0.5) is 0 Å². The molecule has 1 aliphatic rings. The largest absolute Gasteiger partial charge is 0.349 e. The van der Waals surface area contributed by atoms with Crippen LogP contribution in [0.25, 0.3) is 22.6 Å². The van der Waals surface area contributed by atoms with Gasteiger partial charge in [-0.2, -0.15) is 0 Å². The van der Waals surface area contributed by atoms with E-state index in [1.807, 2.05) is 62.6 Å². The van der Waals surface area contributed by atoms with Crippen molar-refractivity contribution in [1.82, 2.24) is 19.9 Å². The third-order valence-electron chi connectivity index (χ3n) is 6.28. The van der Waals surface area contributed by atoms with E-state index in [-0.39, 0.29) is 23.8 Å². The molecule has 3 aromatic rings. The lowest BCUT2D eigenvalue weighted by Crippen LogP contribution is -2.39. The molecule has 2 aromatic heterocycles. The highest BCUT2D eigenvalue weighted by molar-refractivity contribution is 8.03. The minimum Gasteiger partial charge on any atom is -0.349 e. The minimum absolute atomic E-state index is 0.00110. The van der Waals surface area contributed by atoms with Crippen molar-refractivity contribution in [3.8, 4) is 11.5 Å². The third-order valence-corrected chi connectivity index (χ3v) is 7.14. The summed E-state index contributed by atoms with van der Waals surface area (Å²) in [6.45, 7) is 3.76. The number of rotatable bonds is 7. The lowest BCUT2D eigenvalue weighted by atomic mass is 9.90.